The van der Waals surface area contributed by atoms with E-state index < -0.39 is 0 Å². The van der Waals surface area contributed by atoms with E-state index in [-0.39, 0.29) is 0 Å². The lowest BCUT2D eigenvalue weighted by atomic mass is 10.1. The zero-order chi connectivity index (χ0) is 22.5. The third-order valence-electron chi connectivity index (χ3n) is 6.31. The van der Waals surface area contributed by atoms with Crippen LogP contribution in [-0.4, -0.2) is 24.1 Å². The summed E-state index contributed by atoms with van der Waals surface area (Å²) >= 11 is 0. The number of nitrogens with zero attached hydrogens (tertiary/aromatic N) is 5. The highest BCUT2D eigenvalue weighted by Crippen LogP contribution is 2.35. The SMILES string of the molecule is c1ccc(-n2ccc3cc4c5ccccc5n(-c5ccnc(-c6cccnc6)n5)c4cc32)cc1. The van der Waals surface area contributed by atoms with E-state index in [2.05, 4.69) is 92.0 Å². The highest BCUT2D eigenvalue weighted by atomic mass is 15.1. The first-order valence-electron chi connectivity index (χ1n) is 11.2. The second-order valence-electron chi connectivity index (χ2n) is 8.28. The number of rotatable bonds is 3. The van der Waals surface area contributed by atoms with E-state index in [1.54, 1.807) is 12.4 Å². The van der Waals surface area contributed by atoms with E-state index in [0.717, 1.165) is 33.6 Å². The quantitative estimate of drug-likeness (QED) is 0.314. The Morgan fingerprint density at radius 2 is 1.53 bits per heavy atom. The summed E-state index contributed by atoms with van der Waals surface area (Å²) in [5.41, 5.74) is 5.42. The molecule has 0 N–H and O–H groups in total. The van der Waals surface area contributed by atoms with Crippen LogP contribution in [0.1, 0.15) is 0 Å². The molecule has 4 heterocycles. The molecule has 0 atom stereocenters. The monoisotopic (exact) mass is 437 g/mol. The molecule has 4 aromatic heterocycles. The highest BCUT2D eigenvalue weighted by molar-refractivity contribution is 6.13. The molecule has 0 unspecified atom stereocenters. The zero-order valence-electron chi connectivity index (χ0n) is 18.2. The van der Waals surface area contributed by atoms with Gasteiger partial charge in [-0.3, -0.25) is 9.55 Å². The number of pyridine rings is 1. The van der Waals surface area contributed by atoms with Gasteiger partial charge in [-0.25, -0.2) is 9.97 Å². The zero-order valence-corrected chi connectivity index (χ0v) is 18.2. The summed E-state index contributed by atoms with van der Waals surface area (Å²) in [5, 5.41) is 3.61. The molecule has 0 aliphatic carbocycles. The Morgan fingerprint density at radius 3 is 2.41 bits per heavy atom. The van der Waals surface area contributed by atoms with Gasteiger partial charge in [0.25, 0.3) is 0 Å². The molecule has 0 spiro atoms. The van der Waals surface area contributed by atoms with E-state index in [4.69, 9.17) is 4.98 Å². The van der Waals surface area contributed by atoms with Gasteiger partial charge in [0.1, 0.15) is 5.82 Å². The van der Waals surface area contributed by atoms with Crippen LogP contribution in [0.25, 0.3) is 55.6 Å². The average molecular weight is 438 g/mol. The fraction of sp³-hybridized carbons (Fsp3) is 0. The van der Waals surface area contributed by atoms with Crippen molar-refractivity contribution in [2.75, 3.05) is 0 Å². The fourth-order valence-electron chi connectivity index (χ4n) is 4.77. The number of fused-ring (bicyclic) bond motifs is 4. The van der Waals surface area contributed by atoms with Crippen LogP contribution in [0, 0.1) is 0 Å². The molecule has 0 aliphatic rings. The molecule has 0 fully saturated rings. The Morgan fingerprint density at radius 1 is 0.647 bits per heavy atom. The maximum absolute atomic E-state index is 4.94. The maximum atomic E-state index is 4.94. The lowest BCUT2D eigenvalue weighted by Gasteiger charge is -2.09. The van der Waals surface area contributed by atoms with Gasteiger partial charge in [-0.15, -0.1) is 0 Å². The van der Waals surface area contributed by atoms with Crippen LogP contribution < -0.4 is 0 Å². The molecule has 0 aliphatic heterocycles. The third-order valence-corrected chi connectivity index (χ3v) is 6.31. The molecular weight excluding hydrogens is 418 g/mol. The van der Waals surface area contributed by atoms with Crippen LogP contribution in [0.5, 0.6) is 0 Å². The molecular formula is C29H19N5. The molecule has 3 aromatic carbocycles. The van der Waals surface area contributed by atoms with Crippen molar-refractivity contribution in [2.45, 2.75) is 0 Å². The molecule has 5 nitrogen and oxygen atoms in total. The molecule has 0 amide bonds. The molecule has 160 valence electrons. The molecule has 0 radical (unpaired) electrons. The summed E-state index contributed by atoms with van der Waals surface area (Å²) < 4.78 is 4.46. The summed E-state index contributed by atoms with van der Waals surface area (Å²) in [6, 6.07) is 31.5. The molecule has 7 aromatic rings. The lowest BCUT2D eigenvalue weighted by molar-refractivity contribution is 1.04. The van der Waals surface area contributed by atoms with Crippen molar-refractivity contribution in [1.82, 2.24) is 24.1 Å². The largest absolute Gasteiger partial charge is 0.316 e. The number of benzene rings is 3. The van der Waals surface area contributed by atoms with Crippen molar-refractivity contribution in [3.05, 3.63) is 116 Å². The minimum Gasteiger partial charge on any atom is -0.316 e. The normalized spacial score (nSPS) is 11.5. The van der Waals surface area contributed by atoms with Crippen LogP contribution in [-0.2, 0) is 0 Å². The standard InChI is InChI=1S/C29H19N5/c1-2-8-22(9-3-1)33-16-13-20-17-24-23-10-4-5-11-25(23)34(27(24)18-26(20)33)28-12-15-31-29(32-28)21-7-6-14-30-19-21/h1-19H. The summed E-state index contributed by atoms with van der Waals surface area (Å²) in [7, 11) is 0. The molecule has 7 rings (SSSR count). The van der Waals surface area contributed by atoms with Crippen molar-refractivity contribution in [1.29, 1.82) is 0 Å². The maximum Gasteiger partial charge on any atom is 0.163 e. The number of hydrogen-bond donors (Lipinski definition) is 0. The Bertz CT molecular complexity index is 1800. The summed E-state index contributed by atoms with van der Waals surface area (Å²) in [4.78, 5) is 13.7. The first kappa shape index (κ1) is 18.8. The smallest absolute Gasteiger partial charge is 0.163 e. The van der Waals surface area contributed by atoms with Gasteiger partial charge in [-0.2, -0.15) is 0 Å². The van der Waals surface area contributed by atoms with Gasteiger partial charge in [0, 0.05) is 52.2 Å². The van der Waals surface area contributed by atoms with E-state index in [1.165, 1.54) is 16.2 Å². The predicted molar refractivity (Wildman–Crippen MR) is 136 cm³/mol. The molecule has 0 bridgehead atoms. The first-order valence-corrected chi connectivity index (χ1v) is 11.2. The van der Waals surface area contributed by atoms with Crippen LogP contribution in [0.4, 0.5) is 0 Å². The highest BCUT2D eigenvalue weighted by Gasteiger charge is 2.16. The summed E-state index contributed by atoms with van der Waals surface area (Å²) in [6.07, 6.45) is 7.50. The minimum atomic E-state index is 0.658. The Kier molecular flexibility index (Phi) is 4.08. The Hall–Kier alpha value is -4.77. The van der Waals surface area contributed by atoms with Crippen molar-refractivity contribution < 1.29 is 0 Å². The van der Waals surface area contributed by atoms with Crippen LogP contribution >= 0.6 is 0 Å². The van der Waals surface area contributed by atoms with Crippen molar-refractivity contribution >= 4 is 32.7 Å². The van der Waals surface area contributed by atoms with Gasteiger partial charge in [-0.05, 0) is 54.6 Å². The van der Waals surface area contributed by atoms with Crippen LogP contribution in [0.3, 0.4) is 0 Å². The number of para-hydroxylation sites is 2. The van der Waals surface area contributed by atoms with Gasteiger partial charge in [0.05, 0.1) is 16.6 Å². The van der Waals surface area contributed by atoms with Gasteiger partial charge in [0.2, 0.25) is 0 Å². The Balaban J connectivity index is 1.54. The van der Waals surface area contributed by atoms with Gasteiger partial charge < -0.3 is 4.57 Å². The van der Waals surface area contributed by atoms with E-state index in [9.17, 15) is 0 Å². The molecule has 34 heavy (non-hydrogen) atoms. The molecule has 0 saturated carbocycles. The number of hydrogen-bond acceptors (Lipinski definition) is 3. The third kappa shape index (κ3) is 2.84. The lowest BCUT2D eigenvalue weighted by Crippen LogP contribution is -2.00. The van der Waals surface area contributed by atoms with Gasteiger partial charge >= 0.3 is 0 Å². The van der Waals surface area contributed by atoms with Crippen LogP contribution in [0.2, 0.25) is 0 Å². The Labute approximate surface area is 195 Å². The minimum absolute atomic E-state index is 0.658. The van der Waals surface area contributed by atoms with E-state index in [0.29, 0.717) is 5.82 Å². The second kappa shape index (κ2) is 7.39. The first-order chi connectivity index (χ1) is 16.9. The van der Waals surface area contributed by atoms with Crippen molar-refractivity contribution in [3.8, 4) is 22.9 Å². The van der Waals surface area contributed by atoms with E-state index in [1.807, 2.05) is 30.5 Å². The van der Waals surface area contributed by atoms with Crippen LogP contribution in [0.15, 0.2) is 116 Å². The van der Waals surface area contributed by atoms with Gasteiger partial charge in [-0.1, -0.05) is 36.4 Å². The topological polar surface area (TPSA) is 48.5 Å². The van der Waals surface area contributed by atoms with Gasteiger partial charge in [0.15, 0.2) is 5.82 Å². The second-order valence-corrected chi connectivity index (χ2v) is 8.28. The predicted octanol–water partition coefficient (Wildman–Crippen LogP) is 6.58. The molecule has 5 heteroatoms. The van der Waals surface area contributed by atoms with E-state index >= 15 is 0 Å². The number of aromatic nitrogens is 5. The summed E-state index contributed by atoms with van der Waals surface area (Å²) in [6.45, 7) is 0. The fourth-order valence-corrected chi connectivity index (χ4v) is 4.77. The average Bonchev–Trinajstić information content (AvgIpc) is 3.47. The molecule has 0 saturated heterocycles. The van der Waals surface area contributed by atoms with Crippen molar-refractivity contribution in [3.63, 3.8) is 0 Å². The van der Waals surface area contributed by atoms with Crippen molar-refractivity contribution in [2.24, 2.45) is 0 Å². The summed E-state index contributed by atoms with van der Waals surface area (Å²) in [5.74, 6) is 1.49.